The van der Waals surface area contributed by atoms with Crippen molar-refractivity contribution >= 4 is 11.6 Å². The molecule has 0 unspecified atom stereocenters. The second-order valence-electron chi connectivity index (χ2n) is 5.89. The molecule has 1 aliphatic rings. The molecule has 7 heteroatoms. The van der Waals surface area contributed by atoms with Gasteiger partial charge in [0.15, 0.2) is 11.5 Å². The molecule has 1 aromatic carbocycles. The highest BCUT2D eigenvalue weighted by atomic mass is 19.3. The molecule has 134 valence electrons. The van der Waals surface area contributed by atoms with Gasteiger partial charge < -0.3 is 19.7 Å². The second kappa shape index (κ2) is 8.70. The minimum Gasteiger partial charge on any atom is -0.493 e. The van der Waals surface area contributed by atoms with E-state index in [1.54, 1.807) is 11.0 Å². The van der Waals surface area contributed by atoms with Crippen LogP contribution in [0.1, 0.15) is 32.1 Å². The van der Waals surface area contributed by atoms with Gasteiger partial charge in [0.05, 0.1) is 13.7 Å². The van der Waals surface area contributed by atoms with E-state index in [0.717, 1.165) is 25.7 Å². The monoisotopic (exact) mass is 342 g/mol. The molecule has 1 N–H and O–H groups in total. The third kappa shape index (κ3) is 4.97. The van der Waals surface area contributed by atoms with Crippen LogP contribution in [0.15, 0.2) is 18.2 Å². The van der Waals surface area contributed by atoms with Crippen molar-refractivity contribution in [2.45, 2.75) is 44.8 Å². The fourth-order valence-electron chi connectivity index (χ4n) is 2.95. The fraction of sp³-hybridized carbons (Fsp3) is 0.588. The summed E-state index contributed by atoms with van der Waals surface area (Å²) in [6, 6.07) is 4.88. The van der Waals surface area contributed by atoms with Crippen LogP contribution in [0, 0.1) is 0 Å². The minimum atomic E-state index is -2.94. The Morgan fingerprint density at radius 3 is 2.62 bits per heavy atom. The number of hydrogen-bond donors (Lipinski definition) is 1. The van der Waals surface area contributed by atoms with Gasteiger partial charge in [0.1, 0.15) is 0 Å². The van der Waals surface area contributed by atoms with Crippen molar-refractivity contribution in [1.29, 1.82) is 0 Å². The minimum absolute atomic E-state index is 0.0194. The number of carbonyl (C=O) groups is 1. The molecule has 0 heterocycles. The summed E-state index contributed by atoms with van der Waals surface area (Å²) < 4.78 is 34.3. The molecular formula is C17H24F2N2O3. The van der Waals surface area contributed by atoms with E-state index in [-0.39, 0.29) is 24.0 Å². The normalized spacial score (nSPS) is 15.2. The average molecular weight is 342 g/mol. The Hall–Kier alpha value is -2.05. The number of rotatable bonds is 7. The number of nitrogens with zero attached hydrogens (tertiary/aromatic N) is 1. The SMILES string of the molecule is COc1ccc(NCC(=O)N(C)C2CCCCC2)cc1OC(F)F. The third-order valence-corrected chi connectivity index (χ3v) is 4.34. The predicted octanol–water partition coefficient (Wildman–Crippen LogP) is 3.50. The van der Waals surface area contributed by atoms with Gasteiger partial charge in [-0.2, -0.15) is 8.78 Å². The van der Waals surface area contributed by atoms with Crippen LogP contribution < -0.4 is 14.8 Å². The van der Waals surface area contributed by atoms with Gasteiger partial charge in [0.2, 0.25) is 5.91 Å². The molecule has 0 aliphatic heterocycles. The molecule has 2 rings (SSSR count). The number of anilines is 1. The number of likely N-dealkylation sites (N-methyl/N-ethyl adjacent to an activating group) is 1. The molecule has 1 fully saturated rings. The highest BCUT2D eigenvalue weighted by Gasteiger charge is 2.21. The second-order valence-corrected chi connectivity index (χ2v) is 5.89. The molecule has 5 nitrogen and oxygen atoms in total. The first kappa shape index (κ1) is 18.3. The Balaban J connectivity index is 1.94. The fourth-order valence-corrected chi connectivity index (χ4v) is 2.95. The maximum Gasteiger partial charge on any atom is 0.387 e. The van der Waals surface area contributed by atoms with Crippen molar-refractivity contribution in [3.05, 3.63) is 18.2 Å². The average Bonchev–Trinajstić information content (AvgIpc) is 2.59. The summed E-state index contributed by atoms with van der Waals surface area (Å²) in [5, 5.41) is 2.96. The lowest BCUT2D eigenvalue weighted by molar-refractivity contribution is -0.130. The first-order chi connectivity index (χ1) is 11.5. The lowest BCUT2D eigenvalue weighted by atomic mass is 9.94. The molecule has 0 saturated heterocycles. The van der Waals surface area contributed by atoms with Crippen molar-refractivity contribution in [1.82, 2.24) is 4.90 Å². The first-order valence-electron chi connectivity index (χ1n) is 8.13. The molecule has 0 aromatic heterocycles. The number of alkyl halides is 2. The number of hydrogen-bond acceptors (Lipinski definition) is 4. The van der Waals surface area contributed by atoms with Gasteiger partial charge in [-0.05, 0) is 25.0 Å². The lowest BCUT2D eigenvalue weighted by Crippen LogP contribution is -2.41. The van der Waals surface area contributed by atoms with Crippen LogP contribution in [0.25, 0.3) is 0 Å². The summed E-state index contributed by atoms with van der Waals surface area (Å²) in [5.41, 5.74) is 0.525. The summed E-state index contributed by atoms with van der Waals surface area (Å²) >= 11 is 0. The van der Waals surface area contributed by atoms with Gasteiger partial charge in [-0.15, -0.1) is 0 Å². The zero-order valence-electron chi connectivity index (χ0n) is 14.1. The summed E-state index contributed by atoms with van der Waals surface area (Å²) in [4.78, 5) is 14.1. The number of amides is 1. The summed E-state index contributed by atoms with van der Waals surface area (Å²) in [6.45, 7) is -2.83. The maximum atomic E-state index is 12.4. The van der Waals surface area contributed by atoms with Crippen molar-refractivity contribution in [3.63, 3.8) is 0 Å². The van der Waals surface area contributed by atoms with Crippen molar-refractivity contribution < 1.29 is 23.0 Å². The van der Waals surface area contributed by atoms with Gasteiger partial charge in [-0.1, -0.05) is 19.3 Å². The van der Waals surface area contributed by atoms with Crippen molar-refractivity contribution in [2.75, 3.05) is 26.0 Å². The van der Waals surface area contributed by atoms with E-state index in [2.05, 4.69) is 10.1 Å². The van der Waals surface area contributed by atoms with Gasteiger partial charge >= 0.3 is 6.61 Å². The summed E-state index contributed by atoms with van der Waals surface area (Å²) in [6.07, 6.45) is 5.62. The lowest BCUT2D eigenvalue weighted by Gasteiger charge is -2.31. The van der Waals surface area contributed by atoms with E-state index in [1.807, 2.05) is 7.05 Å². The zero-order valence-corrected chi connectivity index (χ0v) is 14.1. The molecule has 1 amide bonds. The molecule has 1 aromatic rings. The van der Waals surface area contributed by atoms with E-state index in [0.29, 0.717) is 11.7 Å². The number of ether oxygens (including phenoxy) is 2. The maximum absolute atomic E-state index is 12.4. The van der Waals surface area contributed by atoms with E-state index in [9.17, 15) is 13.6 Å². The topological polar surface area (TPSA) is 50.8 Å². The number of halogens is 2. The van der Waals surface area contributed by atoms with Gasteiger partial charge in [-0.3, -0.25) is 4.79 Å². The number of methoxy groups -OCH3 is 1. The Morgan fingerprint density at radius 1 is 1.29 bits per heavy atom. The molecule has 1 aliphatic carbocycles. The van der Waals surface area contributed by atoms with Crippen LogP contribution in [0.4, 0.5) is 14.5 Å². The summed E-state index contributed by atoms with van der Waals surface area (Å²) in [7, 11) is 3.20. The van der Waals surface area contributed by atoms with Gasteiger partial charge in [-0.25, -0.2) is 0 Å². The van der Waals surface area contributed by atoms with Crippen LogP contribution in [-0.4, -0.2) is 44.2 Å². The number of benzene rings is 1. The highest BCUT2D eigenvalue weighted by Crippen LogP contribution is 2.31. The molecule has 0 atom stereocenters. The smallest absolute Gasteiger partial charge is 0.387 e. The predicted molar refractivity (Wildman–Crippen MR) is 87.8 cm³/mol. The molecular weight excluding hydrogens is 318 g/mol. The summed E-state index contributed by atoms with van der Waals surface area (Å²) in [5.74, 6) is 0.131. The van der Waals surface area contributed by atoms with E-state index >= 15 is 0 Å². The molecule has 0 spiro atoms. The van der Waals surface area contributed by atoms with Crippen LogP contribution >= 0.6 is 0 Å². The standard InChI is InChI=1S/C17H24F2N2O3/c1-21(13-6-4-3-5-7-13)16(22)11-20-12-8-9-14(23-2)15(10-12)24-17(18)19/h8-10,13,17,20H,3-7,11H2,1-2H3. The van der Waals surface area contributed by atoms with Crippen molar-refractivity contribution in [2.24, 2.45) is 0 Å². The Labute approximate surface area is 140 Å². The van der Waals surface area contributed by atoms with Gasteiger partial charge in [0, 0.05) is 24.8 Å². The molecule has 1 saturated carbocycles. The Kier molecular flexibility index (Phi) is 6.63. The number of carbonyl (C=O) groups excluding carboxylic acids is 1. The quantitative estimate of drug-likeness (QED) is 0.824. The van der Waals surface area contributed by atoms with E-state index in [4.69, 9.17) is 4.74 Å². The van der Waals surface area contributed by atoms with Crippen LogP contribution in [0.2, 0.25) is 0 Å². The van der Waals surface area contributed by atoms with E-state index < -0.39 is 6.61 Å². The molecule has 0 bridgehead atoms. The molecule has 24 heavy (non-hydrogen) atoms. The third-order valence-electron chi connectivity index (χ3n) is 4.34. The van der Waals surface area contributed by atoms with Crippen LogP contribution in [0.5, 0.6) is 11.5 Å². The largest absolute Gasteiger partial charge is 0.493 e. The molecule has 0 radical (unpaired) electrons. The van der Waals surface area contributed by atoms with Gasteiger partial charge in [0.25, 0.3) is 0 Å². The van der Waals surface area contributed by atoms with Crippen LogP contribution in [0.3, 0.4) is 0 Å². The Bertz CT molecular complexity index is 549. The zero-order chi connectivity index (χ0) is 17.5. The van der Waals surface area contributed by atoms with Crippen molar-refractivity contribution in [3.8, 4) is 11.5 Å². The first-order valence-corrected chi connectivity index (χ1v) is 8.13. The Morgan fingerprint density at radius 2 is 2.00 bits per heavy atom. The van der Waals surface area contributed by atoms with E-state index in [1.165, 1.54) is 25.7 Å². The number of nitrogens with one attached hydrogen (secondary N) is 1. The van der Waals surface area contributed by atoms with Crippen LogP contribution in [-0.2, 0) is 4.79 Å². The highest BCUT2D eigenvalue weighted by molar-refractivity contribution is 5.81.